The van der Waals surface area contributed by atoms with Crippen molar-refractivity contribution in [2.45, 2.75) is 13.8 Å². The number of hydrogen-bond donors (Lipinski definition) is 0. The average Bonchev–Trinajstić information content (AvgIpc) is 2.27. The molecule has 0 aliphatic heterocycles. The molecule has 0 amide bonds. The Morgan fingerprint density at radius 3 is 2.67 bits per heavy atom. The Balaban J connectivity index is 0.000000531. The fourth-order valence-electron chi connectivity index (χ4n) is 1.22. The lowest BCUT2D eigenvalue weighted by Gasteiger charge is -2.02. The van der Waals surface area contributed by atoms with E-state index in [1.165, 1.54) is 16.7 Å². The van der Waals surface area contributed by atoms with Crippen molar-refractivity contribution in [2.24, 2.45) is 7.05 Å². The lowest BCUT2D eigenvalue weighted by Crippen LogP contribution is -2.15. The number of halogens is 1. The topological polar surface area (TPSA) is 34.9 Å². The third-order valence-electron chi connectivity index (χ3n) is 1.94. The van der Waals surface area contributed by atoms with Crippen LogP contribution in [0.5, 0.6) is 0 Å². The highest BCUT2D eigenvalue weighted by atomic mass is 19.1. The van der Waals surface area contributed by atoms with Crippen LogP contribution < -0.4 is 5.56 Å². The number of rotatable bonds is 0. The molecule has 0 aliphatic rings. The first-order chi connectivity index (χ1) is 7.18. The first kappa shape index (κ1) is 11.4. The maximum atomic E-state index is 12.8. The van der Waals surface area contributed by atoms with Gasteiger partial charge in [-0.05, 0) is 6.07 Å². The lowest BCUT2D eigenvalue weighted by atomic mass is 10.3. The summed E-state index contributed by atoms with van der Waals surface area (Å²) in [7, 11) is 1.59. The monoisotopic (exact) mass is 208 g/mol. The van der Waals surface area contributed by atoms with Crippen LogP contribution in [0.15, 0.2) is 29.2 Å². The van der Waals surface area contributed by atoms with E-state index in [-0.39, 0.29) is 5.56 Å². The van der Waals surface area contributed by atoms with Crippen LogP contribution in [0.2, 0.25) is 0 Å². The summed E-state index contributed by atoms with van der Waals surface area (Å²) in [4.78, 5) is 15.0. The summed E-state index contributed by atoms with van der Waals surface area (Å²) in [6, 6.07) is 4.29. The van der Waals surface area contributed by atoms with Crippen molar-refractivity contribution in [1.82, 2.24) is 9.55 Å². The van der Waals surface area contributed by atoms with Gasteiger partial charge in [0.05, 0.1) is 17.2 Å². The van der Waals surface area contributed by atoms with Crippen molar-refractivity contribution in [2.75, 3.05) is 0 Å². The molecule has 0 bridgehead atoms. The lowest BCUT2D eigenvalue weighted by molar-refractivity contribution is 0.622. The minimum atomic E-state index is -0.436. The molecule has 0 aliphatic carbocycles. The van der Waals surface area contributed by atoms with Gasteiger partial charge < -0.3 is 4.57 Å². The molecule has 4 heteroatoms. The maximum Gasteiger partial charge on any atom is 0.250 e. The van der Waals surface area contributed by atoms with E-state index in [0.717, 1.165) is 6.20 Å². The Bertz CT molecular complexity index is 519. The summed E-state index contributed by atoms with van der Waals surface area (Å²) in [5, 5.41) is 0. The Morgan fingerprint density at radius 1 is 1.33 bits per heavy atom. The van der Waals surface area contributed by atoms with E-state index in [2.05, 4.69) is 4.98 Å². The predicted molar refractivity (Wildman–Crippen MR) is 58.3 cm³/mol. The number of pyridine rings is 2. The molecule has 0 fully saturated rings. The molecule has 3 nitrogen and oxygen atoms in total. The molecule has 0 radical (unpaired) electrons. The van der Waals surface area contributed by atoms with Crippen molar-refractivity contribution >= 4 is 11.0 Å². The first-order valence-corrected chi connectivity index (χ1v) is 4.80. The van der Waals surface area contributed by atoms with Gasteiger partial charge in [-0.3, -0.25) is 9.78 Å². The fraction of sp³-hybridized carbons (Fsp3) is 0.273. The zero-order chi connectivity index (χ0) is 11.4. The van der Waals surface area contributed by atoms with Crippen LogP contribution in [0, 0.1) is 5.82 Å². The fourth-order valence-corrected chi connectivity index (χ4v) is 1.22. The van der Waals surface area contributed by atoms with Crippen molar-refractivity contribution in [3.8, 4) is 0 Å². The summed E-state index contributed by atoms with van der Waals surface area (Å²) < 4.78 is 14.1. The van der Waals surface area contributed by atoms with Crippen LogP contribution in [0.3, 0.4) is 0 Å². The highest BCUT2D eigenvalue weighted by molar-refractivity contribution is 5.73. The Morgan fingerprint density at radius 2 is 2.00 bits per heavy atom. The SMILES string of the molecule is CC.Cn1c(=O)ccc2ncc(F)cc21. The number of aromatic nitrogens is 2. The van der Waals surface area contributed by atoms with Gasteiger partial charge in [-0.1, -0.05) is 13.8 Å². The molecule has 0 atom stereocenters. The molecule has 2 rings (SSSR count). The minimum absolute atomic E-state index is 0.167. The molecule has 2 heterocycles. The van der Waals surface area contributed by atoms with E-state index in [1.807, 2.05) is 13.8 Å². The molecule has 0 saturated carbocycles. The van der Waals surface area contributed by atoms with Crippen LogP contribution in [0.25, 0.3) is 11.0 Å². The van der Waals surface area contributed by atoms with Crippen LogP contribution in [-0.4, -0.2) is 9.55 Å². The minimum Gasteiger partial charge on any atom is -0.310 e. The normalized spacial score (nSPS) is 9.60. The van der Waals surface area contributed by atoms with E-state index in [1.54, 1.807) is 13.1 Å². The Kier molecular flexibility index (Phi) is 3.55. The van der Waals surface area contributed by atoms with Crippen molar-refractivity contribution in [3.63, 3.8) is 0 Å². The summed E-state index contributed by atoms with van der Waals surface area (Å²) >= 11 is 0. The van der Waals surface area contributed by atoms with E-state index < -0.39 is 5.82 Å². The quantitative estimate of drug-likeness (QED) is 0.664. The van der Waals surface area contributed by atoms with Gasteiger partial charge >= 0.3 is 0 Å². The summed E-state index contributed by atoms with van der Waals surface area (Å²) in [5.74, 6) is -0.436. The third kappa shape index (κ3) is 2.21. The van der Waals surface area contributed by atoms with Crippen LogP contribution in [0.4, 0.5) is 4.39 Å². The Labute approximate surface area is 87.2 Å². The van der Waals surface area contributed by atoms with Gasteiger partial charge in [-0.2, -0.15) is 0 Å². The van der Waals surface area contributed by atoms with Gasteiger partial charge in [0.15, 0.2) is 0 Å². The molecule has 2 aromatic rings. The third-order valence-corrected chi connectivity index (χ3v) is 1.94. The second-order valence-electron chi connectivity index (χ2n) is 2.79. The second-order valence-corrected chi connectivity index (χ2v) is 2.79. The molecule has 0 saturated heterocycles. The van der Waals surface area contributed by atoms with Crippen molar-refractivity contribution in [1.29, 1.82) is 0 Å². The zero-order valence-electron chi connectivity index (χ0n) is 8.99. The van der Waals surface area contributed by atoms with Gasteiger partial charge in [0.2, 0.25) is 0 Å². The first-order valence-electron chi connectivity index (χ1n) is 4.80. The Hall–Kier alpha value is -1.71. The number of nitrogens with zero attached hydrogens (tertiary/aromatic N) is 2. The molecule has 0 N–H and O–H groups in total. The van der Waals surface area contributed by atoms with Crippen LogP contribution >= 0.6 is 0 Å². The zero-order valence-corrected chi connectivity index (χ0v) is 8.99. The smallest absolute Gasteiger partial charge is 0.250 e. The molecule has 15 heavy (non-hydrogen) atoms. The maximum absolute atomic E-state index is 12.8. The number of aryl methyl sites for hydroxylation is 1. The molecule has 0 unspecified atom stereocenters. The highest BCUT2D eigenvalue weighted by Gasteiger charge is 2.00. The van der Waals surface area contributed by atoms with Crippen LogP contribution in [-0.2, 0) is 7.05 Å². The molecule has 2 aromatic heterocycles. The van der Waals surface area contributed by atoms with Crippen LogP contribution in [0.1, 0.15) is 13.8 Å². The molecular formula is C11H13FN2O. The van der Waals surface area contributed by atoms with Gasteiger partial charge in [-0.25, -0.2) is 4.39 Å². The molecule has 0 aromatic carbocycles. The second kappa shape index (κ2) is 4.68. The van der Waals surface area contributed by atoms with Gasteiger partial charge in [-0.15, -0.1) is 0 Å². The molecular weight excluding hydrogens is 195 g/mol. The average molecular weight is 208 g/mol. The van der Waals surface area contributed by atoms with Gasteiger partial charge in [0.25, 0.3) is 5.56 Å². The van der Waals surface area contributed by atoms with Gasteiger partial charge in [0, 0.05) is 19.2 Å². The van der Waals surface area contributed by atoms with Gasteiger partial charge in [0.1, 0.15) is 5.82 Å². The van der Waals surface area contributed by atoms with E-state index in [0.29, 0.717) is 11.0 Å². The number of hydrogen-bond acceptors (Lipinski definition) is 2. The largest absolute Gasteiger partial charge is 0.310 e. The molecule has 0 spiro atoms. The van der Waals surface area contributed by atoms with Crippen molar-refractivity contribution in [3.05, 3.63) is 40.6 Å². The summed E-state index contributed by atoms with van der Waals surface area (Å²) in [6.07, 6.45) is 1.13. The summed E-state index contributed by atoms with van der Waals surface area (Å²) in [6.45, 7) is 4.00. The number of fused-ring (bicyclic) bond motifs is 1. The standard InChI is InChI=1S/C9H7FN2O.C2H6/c1-12-8-4-6(10)5-11-7(8)2-3-9(12)13;1-2/h2-5H,1H3;1-2H3. The van der Waals surface area contributed by atoms with E-state index >= 15 is 0 Å². The highest BCUT2D eigenvalue weighted by Crippen LogP contribution is 2.08. The summed E-state index contributed by atoms with van der Waals surface area (Å²) in [5.41, 5.74) is 0.955. The molecule has 80 valence electrons. The van der Waals surface area contributed by atoms with Crippen molar-refractivity contribution < 1.29 is 4.39 Å². The predicted octanol–water partition coefficient (Wildman–Crippen LogP) is 2.10. The van der Waals surface area contributed by atoms with E-state index in [9.17, 15) is 9.18 Å². The van der Waals surface area contributed by atoms with E-state index in [4.69, 9.17) is 0 Å².